The van der Waals surface area contributed by atoms with Crippen LogP contribution in [0.25, 0.3) is 0 Å². The average molecular weight is 329 g/mol. The summed E-state index contributed by atoms with van der Waals surface area (Å²) in [6.07, 6.45) is 3.82. The Morgan fingerprint density at radius 3 is 3.00 bits per heavy atom. The van der Waals surface area contributed by atoms with Gasteiger partial charge < -0.3 is 15.8 Å². The van der Waals surface area contributed by atoms with Crippen LogP contribution < -0.4 is 11.1 Å². The van der Waals surface area contributed by atoms with Crippen LogP contribution in [0.3, 0.4) is 0 Å². The molecule has 0 amide bonds. The number of halogens is 1. The van der Waals surface area contributed by atoms with Crippen LogP contribution in [0.15, 0.2) is 22.7 Å². The van der Waals surface area contributed by atoms with Crippen LogP contribution in [-0.2, 0) is 4.74 Å². The van der Waals surface area contributed by atoms with Crippen molar-refractivity contribution in [3.63, 3.8) is 0 Å². The first-order valence-corrected chi connectivity index (χ1v) is 7.32. The van der Waals surface area contributed by atoms with Crippen molar-refractivity contribution < 1.29 is 4.74 Å². The second-order valence-electron chi connectivity index (χ2n) is 4.42. The van der Waals surface area contributed by atoms with E-state index in [1.807, 2.05) is 18.2 Å². The SMILES string of the molecule is NC(=S)c1ccc(Br)cc1NCC1CCCCO1. The highest BCUT2D eigenvalue weighted by Crippen LogP contribution is 2.22. The van der Waals surface area contributed by atoms with Crippen molar-refractivity contribution in [3.05, 3.63) is 28.2 Å². The van der Waals surface area contributed by atoms with E-state index in [0.717, 1.165) is 35.3 Å². The second kappa shape index (κ2) is 6.50. The van der Waals surface area contributed by atoms with Crippen molar-refractivity contribution in [1.82, 2.24) is 0 Å². The standard InChI is InChI=1S/C13H17BrN2OS/c14-9-4-5-11(13(15)18)12(7-9)16-8-10-3-1-2-6-17-10/h4-5,7,10,16H,1-3,6,8H2,(H2,15,18). The van der Waals surface area contributed by atoms with Crippen molar-refractivity contribution in [2.75, 3.05) is 18.5 Å². The van der Waals surface area contributed by atoms with Gasteiger partial charge in [-0.05, 0) is 37.5 Å². The van der Waals surface area contributed by atoms with Crippen molar-refractivity contribution in [1.29, 1.82) is 0 Å². The third-order valence-corrected chi connectivity index (χ3v) is 3.75. The van der Waals surface area contributed by atoms with Crippen molar-refractivity contribution in [3.8, 4) is 0 Å². The third-order valence-electron chi connectivity index (χ3n) is 3.04. The van der Waals surface area contributed by atoms with Gasteiger partial charge in [-0.3, -0.25) is 0 Å². The summed E-state index contributed by atoms with van der Waals surface area (Å²) < 4.78 is 6.70. The number of thiocarbonyl (C=S) groups is 1. The van der Waals surface area contributed by atoms with E-state index in [-0.39, 0.29) is 6.10 Å². The summed E-state index contributed by atoms with van der Waals surface area (Å²) in [6.45, 7) is 1.67. The Labute approximate surface area is 121 Å². The molecule has 1 aromatic carbocycles. The zero-order chi connectivity index (χ0) is 13.0. The van der Waals surface area contributed by atoms with Crippen LogP contribution in [0.2, 0.25) is 0 Å². The summed E-state index contributed by atoms with van der Waals surface area (Å²) in [6, 6.07) is 5.87. The molecule has 98 valence electrons. The normalized spacial score (nSPS) is 19.5. The van der Waals surface area contributed by atoms with E-state index >= 15 is 0 Å². The lowest BCUT2D eigenvalue weighted by Gasteiger charge is -2.23. The van der Waals surface area contributed by atoms with Gasteiger partial charge in [-0.15, -0.1) is 0 Å². The predicted molar refractivity (Wildman–Crippen MR) is 82.1 cm³/mol. The van der Waals surface area contributed by atoms with Crippen molar-refractivity contribution >= 4 is 38.8 Å². The molecule has 0 aromatic heterocycles. The van der Waals surface area contributed by atoms with E-state index in [2.05, 4.69) is 21.2 Å². The quantitative estimate of drug-likeness (QED) is 0.834. The predicted octanol–water partition coefficient (Wildman–Crippen LogP) is 3.06. The molecule has 0 radical (unpaired) electrons. The van der Waals surface area contributed by atoms with E-state index in [0.29, 0.717) is 4.99 Å². The maximum atomic E-state index is 5.72. The molecule has 3 N–H and O–H groups in total. The molecule has 0 saturated carbocycles. The first kappa shape index (κ1) is 13.8. The highest BCUT2D eigenvalue weighted by Gasteiger charge is 2.14. The zero-order valence-electron chi connectivity index (χ0n) is 10.1. The van der Waals surface area contributed by atoms with E-state index in [1.165, 1.54) is 12.8 Å². The fraction of sp³-hybridized carbons (Fsp3) is 0.462. The molecular weight excluding hydrogens is 312 g/mol. The summed E-state index contributed by atoms with van der Waals surface area (Å²) in [5.41, 5.74) is 7.56. The Bertz CT molecular complexity index is 433. The van der Waals surface area contributed by atoms with Gasteiger partial charge in [0.15, 0.2) is 0 Å². The van der Waals surface area contributed by atoms with Crippen molar-refractivity contribution in [2.24, 2.45) is 5.73 Å². The molecule has 1 aromatic rings. The Morgan fingerprint density at radius 2 is 2.33 bits per heavy atom. The van der Waals surface area contributed by atoms with Crippen LogP contribution in [0, 0.1) is 0 Å². The van der Waals surface area contributed by atoms with Gasteiger partial charge in [-0.1, -0.05) is 28.1 Å². The van der Waals surface area contributed by atoms with E-state index in [9.17, 15) is 0 Å². The summed E-state index contributed by atoms with van der Waals surface area (Å²) in [4.78, 5) is 0.412. The minimum absolute atomic E-state index is 0.289. The molecule has 3 nitrogen and oxygen atoms in total. The fourth-order valence-electron chi connectivity index (χ4n) is 2.07. The maximum absolute atomic E-state index is 5.72. The van der Waals surface area contributed by atoms with E-state index < -0.39 is 0 Å². The highest BCUT2D eigenvalue weighted by atomic mass is 79.9. The average Bonchev–Trinajstić information content (AvgIpc) is 2.37. The lowest BCUT2D eigenvalue weighted by molar-refractivity contribution is 0.0247. The topological polar surface area (TPSA) is 47.3 Å². The summed E-state index contributed by atoms with van der Waals surface area (Å²) in [5, 5.41) is 3.38. The van der Waals surface area contributed by atoms with Crippen molar-refractivity contribution in [2.45, 2.75) is 25.4 Å². The zero-order valence-corrected chi connectivity index (χ0v) is 12.5. The molecule has 1 atom stereocenters. The molecule has 1 aliphatic heterocycles. The van der Waals surface area contributed by atoms with Crippen LogP contribution >= 0.6 is 28.1 Å². The number of ether oxygens (including phenoxy) is 1. The van der Waals surface area contributed by atoms with Crippen LogP contribution in [0.1, 0.15) is 24.8 Å². The molecule has 1 heterocycles. The van der Waals surface area contributed by atoms with Crippen LogP contribution in [0.4, 0.5) is 5.69 Å². The number of benzene rings is 1. The molecule has 0 aliphatic carbocycles. The molecule has 1 saturated heterocycles. The smallest absolute Gasteiger partial charge is 0.106 e. The fourth-order valence-corrected chi connectivity index (χ4v) is 2.61. The summed E-state index contributed by atoms with van der Waals surface area (Å²) >= 11 is 8.51. The highest BCUT2D eigenvalue weighted by molar-refractivity contribution is 9.10. The number of nitrogens with one attached hydrogen (secondary N) is 1. The first-order chi connectivity index (χ1) is 8.66. The Morgan fingerprint density at radius 1 is 1.50 bits per heavy atom. The minimum Gasteiger partial charge on any atom is -0.389 e. The molecule has 0 spiro atoms. The largest absolute Gasteiger partial charge is 0.389 e. The number of hydrogen-bond acceptors (Lipinski definition) is 3. The third kappa shape index (κ3) is 3.67. The number of anilines is 1. The van der Waals surface area contributed by atoms with Gasteiger partial charge in [0.25, 0.3) is 0 Å². The molecule has 1 fully saturated rings. The van der Waals surface area contributed by atoms with Crippen LogP contribution in [0.5, 0.6) is 0 Å². The molecule has 1 unspecified atom stereocenters. The summed E-state index contributed by atoms with van der Waals surface area (Å²) in [7, 11) is 0. The summed E-state index contributed by atoms with van der Waals surface area (Å²) in [5.74, 6) is 0. The first-order valence-electron chi connectivity index (χ1n) is 6.11. The Balaban J connectivity index is 2.03. The van der Waals surface area contributed by atoms with Gasteiger partial charge in [0.2, 0.25) is 0 Å². The number of nitrogens with two attached hydrogens (primary N) is 1. The van der Waals surface area contributed by atoms with Gasteiger partial charge in [0.1, 0.15) is 4.99 Å². The number of hydrogen-bond donors (Lipinski definition) is 2. The second-order valence-corrected chi connectivity index (χ2v) is 5.78. The van der Waals surface area contributed by atoms with Gasteiger partial charge in [-0.2, -0.15) is 0 Å². The molecule has 18 heavy (non-hydrogen) atoms. The van der Waals surface area contributed by atoms with Crippen LogP contribution in [-0.4, -0.2) is 24.2 Å². The van der Waals surface area contributed by atoms with Gasteiger partial charge >= 0.3 is 0 Å². The molecule has 1 aliphatic rings. The lowest BCUT2D eigenvalue weighted by Crippen LogP contribution is -2.27. The van der Waals surface area contributed by atoms with Gasteiger partial charge in [0.05, 0.1) is 6.10 Å². The molecule has 2 rings (SSSR count). The minimum atomic E-state index is 0.289. The van der Waals surface area contributed by atoms with Gasteiger partial charge in [-0.25, -0.2) is 0 Å². The lowest BCUT2D eigenvalue weighted by atomic mass is 10.1. The molecule has 0 bridgehead atoms. The molecular formula is C13H17BrN2OS. The maximum Gasteiger partial charge on any atom is 0.106 e. The Kier molecular flexibility index (Phi) is 4.97. The number of rotatable bonds is 4. The molecule has 5 heteroatoms. The van der Waals surface area contributed by atoms with E-state index in [1.54, 1.807) is 0 Å². The van der Waals surface area contributed by atoms with E-state index in [4.69, 9.17) is 22.7 Å². The van der Waals surface area contributed by atoms with Gasteiger partial charge in [0, 0.05) is 28.9 Å². The monoisotopic (exact) mass is 328 g/mol. The Hall–Kier alpha value is -0.650.